The van der Waals surface area contributed by atoms with Gasteiger partial charge in [0.25, 0.3) is 0 Å². The summed E-state index contributed by atoms with van der Waals surface area (Å²) in [6.45, 7) is 1.74. The molecule has 0 spiro atoms. The van der Waals surface area contributed by atoms with Crippen molar-refractivity contribution in [2.75, 3.05) is 6.61 Å². The molecule has 0 radical (unpaired) electrons. The van der Waals surface area contributed by atoms with E-state index in [-0.39, 0.29) is 27.8 Å². The monoisotopic (exact) mass is 597 g/mol. The number of hydrogen-bond donors (Lipinski definition) is 1. The van der Waals surface area contributed by atoms with Crippen molar-refractivity contribution >= 4 is 75.7 Å². The van der Waals surface area contributed by atoms with E-state index in [0.717, 1.165) is 16.7 Å². The molecule has 1 aromatic heterocycles. The summed E-state index contributed by atoms with van der Waals surface area (Å²) in [5, 5.41) is 1.94. The van der Waals surface area contributed by atoms with Crippen LogP contribution in [0.4, 0.5) is 0 Å². The minimum Gasteiger partial charge on any atom is -0.462 e. The Morgan fingerprint density at radius 3 is 1.86 bits per heavy atom. The molecule has 36 heavy (non-hydrogen) atoms. The van der Waals surface area contributed by atoms with E-state index >= 15 is 0 Å². The molecule has 0 amide bonds. The number of hydrogen-bond acceptors (Lipinski definition) is 4. The van der Waals surface area contributed by atoms with Crippen LogP contribution in [0.5, 0.6) is 0 Å². The third-order valence-corrected chi connectivity index (χ3v) is 7.52. The van der Waals surface area contributed by atoms with Crippen molar-refractivity contribution in [2.45, 2.75) is 16.7 Å². The first-order valence-corrected chi connectivity index (χ1v) is 13.2. The Bertz CT molecular complexity index is 1520. The van der Waals surface area contributed by atoms with E-state index in [2.05, 4.69) is 4.98 Å². The number of ether oxygens (including phenoxy) is 1. The molecule has 4 nitrogen and oxygen atoms in total. The average Bonchev–Trinajstić information content (AvgIpc) is 2.82. The Morgan fingerprint density at radius 2 is 1.33 bits per heavy atom. The van der Waals surface area contributed by atoms with Crippen molar-refractivity contribution in [3.05, 3.63) is 102 Å². The first kappa shape index (κ1) is 26.9. The van der Waals surface area contributed by atoms with Crippen LogP contribution in [0, 0.1) is 0 Å². The number of rotatable bonds is 6. The highest BCUT2D eigenvalue weighted by Crippen LogP contribution is 2.40. The van der Waals surface area contributed by atoms with Crippen LogP contribution in [0.3, 0.4) is 0 Å². The third-order valence-electron chi connectivity index (χ3n) is 5.07. The number of nitrogens with one attached hydrogen (secondary N) is 1. The molecule has 0 fully saturated rings. The van der Waals surface area contributed by atoms with Gasteiger partial charge in [-0.3, -0.25) is 4.79 Å². The van der Waals surface area contributed by atoms with Crippen LogP contribution in [-0.2, 0) is 4.74 Å². The molecular formula is C26H16Cl5NO3S. The summed E-state index contributed by atoms with van der Waals surface area (Å²) >= 11 is 32.4. The molecule has 0 saturated heterocycles. The predicted octanol–water partition coefficient (Wildman–Crippen LogP) is 9.30. The van der Waals surface area contributed by atoms with Crippen molar-refractivity contribution in [3.63, 3.8) is 0 Å². The Kier molecular flexibility index (Phi) is 8.61. The normalized spacial score (nSPS) is 10.9. The van der Waals surface area contributed by atoms with E-state index in [9.17, 15) is 9.59 Å². The summed E-state index contributed by atoms with van der Waals surface area (Å²) in [5.41, 5.74) is 0.741. The third kappa shape index (κ3) is 5.72. The summed E-state index contributed by atoms with van der Waals surface area (Å²) < 4.78 is 5.24. The topological polar surface area (TPSA) is 59.2 Å². The highest BCUT2D eigenvalue weighted by molar-refractivity contribution is 7.99. The molecule has 1 heterocycles. The maximum atomic E-state index is 14.0. The quantitative estimate of drug-likeness (QED) is 0.224. The van der Waals surface area contributed by atoms with Crippen molar-refractivity contribution < 1.29 is 9.53 Å². The lowest BCUT2D eigenvalue weighted by Crippen LogP contribution is -2.22. The van der Waals surface area contributed by atoms with Crippen LogP contribution in [0.25, 0.3) is 22.5 Å². The SMILES string of the molecule is CCOC(=O)c1c(-c2ccc(Cl)cc2Cl)[nH]c(-c2ccc(Cl)cc2Cl)c(Sc2ccc(Cl)cc2)c1=O. The molecule has 4 rings (SSSR count). The number of aromatic nitrogens is 1. The van der Waals surface area contributed by atoms with Gasteiger partial charge in [-0.05, 0) is 67.6 Å². The van der Waals surface area contributed by atoms with Gasteiger partial charge in [-0.2, -0.15) is 0 Å². The van der Waals surface area contributed by atoms with Crippen molar-refractivity contribution in [1.82, 2.24) is 4.98 Å². The van der Waals surface area contributed by atoms with Gasteiger partial charge in [0, 0.05) is 31.1 Å². The molecule has 184 valence electrons. The van der Waals surface area contributed by atoms with E-state index in [0.29, 0.717) is 36.9 Å². The number of halogens is 5. The standard InChI is InChI=1S/C26H16Cl5NO3S/c1-2-35-26(34)21-22(17-9-5-14(28)11-19(17)30)32-23(18-10-6-15(29)12-20(18)31)25(24(21)33)36-16-7-3-13(27)4-8-16/h3-12H,2H2,1H3,(H,32,33). The molecule has 0 aliphatic carbocycles. The minimum absolute atomic E-state index is 0.0798. The summed E-state index contributed by atoms with van der Waals surface area (Å²) in [6, 6.07) is 16.6. The van der Waals surface area contributed by atoms with Gasteiger partial charge in [0.1, 0.15) is 5.56 Å². The second-order valence-electron chi connectivity index (χ2n) is 7.43. The Labute approximate surface area is 236 Å². The van der Waals surface area contributed by atoms with Crippen LogP contribution >= 0.6 is 69.8 Å². The molecule has 1 N–H and O–H groups in total. The van der Waals surface area contributed by atoms with E-state index < -0.39 is 11.4 Å². The number of esters is 1. The Morgan fingerprint density at radius 1 is 0.806 bits per heavy atom. The second-order valence-corrected chi connectivity index (χ2v) is 10.6. The smallest absolute Gasteiger partial charge is 0.344 e. The highest BCUT2D eigenvalue weighted by Gasteiger charge is 2.27. The predicted molar refractivity (Wildman–Crippen MR) is 150 cm³/mol. The number of aromatic amines is 1. The van der Waals surface area contributed by atoms with E-state index in [1.165, 1.54) is 6.07 Å². The van der Waals surface area contributed by atoms with Crippen LogP contribution in [0.15, 0.2) is 75.2 Å². The number of carbonyl (C=O) groups excluding carboxylic acids is 1. The van der Waals surface area contributed by atoms with Gasteiger partial charge in [-0.15, -0.1) is 0 Å². The molecule has 10 heteroatoms. The van der Waals surface area contributed by atoms with Gasteiger partial charge in [0.2, 0.25) is 5.43 Å². The fourth-order valence-corrected chi connectivity index (χ4v) is 5.57. The maximum Gasteiger partial charge on any atom is 0.344 e. The van der Waals surface area contributed by atoms with Crippen molar-refractivity contribution in [1.29, 1.82) is 0 Å². The number of benzene rings is 3. The first-order chi connectivity index (χ1) is 17.2. The molecule has 0 unspecified atom stereocenters. The lowest BCUT2D eigenvalue weighted by Gasteiger charge is -2.17. The molecular weight excluding hydrogens is 584 g/mol. The second kappa shape index (κ2) is 11.5. The summed E-state index contributed by atoms with van der Waals surface area (Å²) in [6.07, 6.45) is 0. The largest absolute Gasteiger partial charge is 0.462 e. The maximum absolute atomic E-state index is 14.0. The van der Waals surface area contributed by atoms with Crippen molar-refractivity contribution in [2.24, 2.45) is 0 Å². The van der Waals surface area contributed by atoms with Crippen LogP contribution < -0.4 is 5.43 Å². The average molecular weight is 600 g/mol. The van der Waals surface area contributed by atoms with Crippen LogP contribution in [0.1, 0.15) is 17.3 Å². The fraction of sp³-hybridized carbons (Fsp3) is 0.0769. The summed E-state index contributed by atoms with van der Waals surface area (Å²) in [4.78, 5) is 31.3. The highest BCUT2D eigenvalue weighted by atomic mass is 35.5. The summed E-state index contributed by atoms with van der Waals surface area (Å²) in [7, 11) is 0. The van der Waals surface area contributed by atoms with E-state index in [4.69, 9.17) is 62.7 Å². The molecule has 0 saturated carbocycles. The first-order valence-electron chi connectivity index (χ1n) is 10.5. The molecule has 0 atom stereocenters. The molecule has 0 aliphatic heterocycles. The number of H-pyrrole nitrogens is 1. The van der Waals surface area contributed by atoms with Gasteiger partial charge in [-0.1, -0.05) is 69.8 Å². The lowest BCUT2D eigenvalue weighted by molar-refractivity contribution is 0.0525. The minimum atomic E-state index is -0.786. The molecule has 3 aromatic carbocycles. The molecule has 0 aliphatic rings. The Hall–Kier alpha value is -2.12. The van der Waals surface area contributed by atoms with Crippen LogP contribution in [0.2, 0.25) is 25.1 Å². The van der Waals surface area contributed by atoms with Crippen molar-refractivity contribution in [3.8, 4) is 22.5 Å². The van der Waals surface area contributed by atoms with E-state index in [1.54, 1.807) is 61.5 Å². The summed E-state index contributed by atoms with van der Waals surface area (Å²) in [5.74, 6) is -0.786. The fourth-order valence-electron chi connectivity index (χ4n) is 3.48. The lowest BCUT2D eigenvalue weighted by atomic mass is 10.0. The van der Waals surface area contributed by atoms with Gasteiger partial charge in [-0.25, -0.2) is 4.79 Å². The zero-order valence-corrected chi connectivity index (χ0v) is 23.1. The Balaban J connectivity index is 2.08. The van der Waals surface area contributed by atoms with E-state index in [1.807, 2.05) is 0 Å². The number of pyridine rings is 1. The zero-order valence-electron chi connectivity index (χ0n) is 18.5. The van der Waals surface area contributed by atoms with Crippen LogP contribution in [-0.4, -0.2) is 17.6 Å². The van der Waals surface area contributed by atoms with Gasteiger partial charge >= 0.3 is 5.97 Å². The molecule has 0 bridgehead atoms. The number of carbonyl (C=O) groups is 1. The van der Waals surface area contributed by atoms with Gasteiger partial charge in [0.15, 0.2) is 0 Å². The molecule has 4 aromatic rings. The van der Waals surface area contributed by atoms with Gasteiger partial charge in [0.05, 0.1) is 32.9 Å². The zero-order chi connectivity index (χ0) is 26.0. The van der Waals surface area contributed by atoms with Gasteiger partial charge < -0.3 is 9.72 Å².